The number of hydrogen-bond acceptors (Lipinski definition) is 5. The summed E-state index contributed by atoms with van der Waals surface area (Å²) in [6.07, 6.45) is 1.39. The fraction of sp³-hybridized carbons (Fsp3) is 0.412. The summed E-state index contributed by atoms with van der Waals surface area (Å²) in [7, 11) is 0. The molecule has 0 radical (unpaired) electrons. The Labute approximate surface area is 145 Å². The zero-order valence-corrected chi connectivity index (χ0v) is 14.0. The van der Waals surface area contributed by atoms with E-state index in [2.05, 4.69) is 10.5 Å². The number of amides is 1. The summed E-state index contributed by atoms with van der Waals surface area (Å²) < 4.78 is 5.25. The first-order chi connectivity index (χ1) is 11.6. The van der Waals surface area contributed by atoms with E-state index in [-0.39, 0.29) is 25.1 Å². The minimum absolute atomic E-state index is 0.0974. The number of piperidine rings is 1. The minimum Gasteiger partial charge on any atom is -0.392 e. The third kappa shape index (κ3) is 4.35. The second-order valence-corrected chi connectivity index (χ2v) is 6.37. The summed E-state index contributed by atoms with van der Waals surface area (Å²) in [5.74, 6) is 0.469. The summed E-state index contributed by atoms with van der Waals surface area (Å²) in [6.45, 7) is 1.94. The highest BCUT2D eigenvalue weighted by atomic mass is 35.5. The molecular weight excluding hydrogens is 330 g/mol. The molecule has 3 rings (SSSR count). The molecule has 0 aliphatic carbocycles. The molecule has 7 heteroatoms. The van der Waals surface area contributed by atoms with Gasteiger partial charge in [-0.15, -0.1) is 0 Å². The van der Waals surface area contributed by atoms with Gasteiger partial charge in [-0.25, -0.2) is 0 Å². The molecule has 1 aromatic carbocycles. The quantitative estimate of drug-likeness (QED) is 0.864. The van der Waals surface area contributed by atoms with Gasteiger partial charge in [-0.05, 0) is 25.5 Å². The van der Waals surface area contributed by atoms with Crippen LogP contribution < -0.4 is 5.32 Å². The number of nitrogens with one attached hydrogen (secondary N) is 1. The average molecular weight is 350 g/mol. The number of benzene rings is 1. The van der Waals surface area contributed by atoms with E-state index in [1.165, 1.54) is 0 Å². The first kappa shape index (κ1) is 17.0. The summed E-state index contributed by atoms with van der Waals surface area (Å²) in [5.41, 5.74) is 1.44. The normalized spacial score (nSPS) is 18.5. The van der Waals surface area contributed by atoms with Gasteiger partial charge in [0.25, 0.3) is 0 Å². The van der Waals surface area contributed by atoms with Crippen molar-refractivity contribution in [1.82, 2.24) is 15.4 Å². The number of likely N-dealkylation sites (tertiary alicyclic amines) is 1. The van der Waals surface area contributed by atoms with Gasteiger partial charge >= 0.3 is 0 Å². The van der Waals surface area contributed by atoms with Gasteiger partial charge in [-0.2, -0.15) is 0 Å². The molecule has 2 N–H and O–H groups in total. The van der Waals surface area contributed by atoms with Gasteiger partial charge in [0.05, 0.1) is 24.2 Å². The second-order valence-electron chi connectivity index (χ2n) is 5.97. The van der Waals surface area contributed by atoms with Crippen molar-refractivity contribution in [3.63, 3.8) is 0 Å². The molecule has 1 amide bonds. The van der Waals surface area contributed by atoms with E-state index >= 15 is 0 Å². The molecule has 0 unspecified atom stereocenters. The van der Waals surface area contributed by atoms with Crippen molar-refractivity contribution in [3.8, 4) is 11.3 Å². The van der Waals surface area contributed by atoms with Crippen LogP contribution in [0.3, 0.4) is 0 Å². The van der Waals surface area contributed by atoms with E-state index in [4.69, 9.17) is 16.1 Å². The van der Waals surface area contributed by atoms with E-state index in [9.17, 15) is 9.90 Å². The third-order valence-electron chi connectivity index (χ3n) is 4.02. The van der Waals surface area contributed by atoms with Gasteiger partial charge in [0.1, 0.15) is 5.69 Å². The molecule has 1 atom stereocenters. The standard InChI is InChI=1S/C17H20ClN3O3/c18-15-6-2-1-5-14(15)16-8-13(24-20-16)9-19-17(23)11-21-7-3-4-12(22)10-21/h1-2,5-6,8,12,22H,3-4,7,9-11H2,(H,19,23)/t12-/m0/s1. The Bertz CT molecular complexity index is 704. The van der Waals surface area contributed by atoms with Crippen LogP contribution in [0.5, 0.6) is 0 Å². The van der Waals surface area contributed by atoms with Crippen LogP contribution in [0.4, 0.5) is 0 Å². The molecule has 128 valence electrons. The minimum atomic E-state index is -0.334. The molecule has 2 heterocycles. The van der Waals surface area contributed by atoms with E-state index in [1.807, 2.05) is 23.1 Å². The fourth-order valence-electron chi connectivity index (χ4n) is 2.81. The lowest BCUT2D eigenvalue weighted by Gasteiger charge is -2.29. The second kappa shape index (κ2) is 7.79. The third-order valence-corrected chi connectivity index (χ3v) is 4.35. The van der Waals surface area contributed by atoms with Crippen LogP contribution in [0.1, 0.15) is 18.6 Å². The van der Waals surface area contributed by atoms with Crippen molar-refractivity contribution in [2.75, 3.05) is 19.6 Å². The van der Waals surface area contributed by atoms with Gasteiger partial charge in [0, 0.05) is 18.2 Å². The number of aliphatic hydroxyl groups is 1. The molecule has 1 aliphatic rings. The topological polar surface area (TPSA) is 78.6 Å². The molecule has 0 saturated carbocycles. The maximum atomic E-state index is 12.0. The zero-order valence-electron chi connectivity index (χ0n) is 13.2. The lowest BCUT2D eigenvalue weighted by Crippen LogP contribution is -2.44. The highest BCUT2D eigenvalue weighted by Crippen LogP contribution is 2.26. The zero-order chi connectivity index (χ0) is 16.9. The molecule has 0 spiro atoms. The number of halogens is 1. The van der Waals surface area contributed by atoms with Crippen LogP contribution in [0, 0.1) is 0 Å². The monoisotopic (exact) mass is 349 g/mol. The molecule has 0 bridgehead atoms. The summed E-state index contributed by atoms with van der Waals surface area (Å²) in [4.78, 5) is 14.0. The van der Waals surface area contributed by atoms with Crippen molar-refractivity contribution in [2.24, 2.45) is 0 Å². The lowest BCUT2D eigenvalue weighted by molar-refractivity contribution is -0.123. The Morgan fingerprint density at radius 1 is 1.46 bits per heavy atom. The maximum Gasteiger partial charge on any atom is 0.234 e. The molecule has 1 aliphatic heterocycles. The molecule has 1 fully saturated rings. The SMILES string of the molecule is O=C(CN1CCC[C@H](O)C1)NCc1cc(-c2ccccc2Cl)no1. The molecular formula is C17H20ClN3O3. The number of rotatable bonds is 5. The first-order valence-corrected chi connectivity index (χ1v) is 8.37. The number of nitrogens with zero attached hydrogens (tertiary/aromatic N) is 2. The van der Waals surface area contributed by atoms with Crippen LogP contribution in [-0.4, -0.2) is 46.8 Å². The number of hydrogen-bond donors (Lipinski definition) is 2. The predicted molar refractivity (Wildman–Crippen MR) is 90.5 cm³/mol. The molecule has 6 nitrogen and oxygen atoms in total. The Balaban J connectivity index is 1.52. The Kier molecular flexibility index (Phi) is 5.50. The number of β-amino-alcohol motifs (C(OH)–C–C–N with tert-alkyl or cyclic N) is 1. The van der Waals surface area contributed by atoms with Crippen molar-refractivity contribution in [2.45, 2.75) is 25.5 Å². The highest BCUT2D eigenvalue weighted by Gasteiger charge is 2.19. The summed E-state index contributed by atoms with van der Waals surface area (Å²) in [6, 6.07) is 9.16. The number of carbonyl (C=O) groups excluding carboxylic acids is 1. The number of aliphatic hydroxyl groups excluding tert-OH is 1. The highest BCUT2D eigenvalue weighted by molar-refractivity contribution is 6.33. The van der Waals surface area contributed by atoms with Gasteiger partial charge in [-0.3, -0.25) is 9.69 Å². The molecule has 2 aromatic rings. The van der Waals surface area contributed by atoms with Crippen molar-refractivity contribution in [3.05, 3.63) is 41.1 Å². The van der Waals surface area contributed by atoms with E-state index in [0.717, 1.165) is 24.9 Å². The number of aromatic nitrogens is 1. The van der Waals surface area contributed by atoms with E-state index in [0.29, 0.717) is 23.0 Å². The molecule has 24 heavy (non-hydrogen) atoms. The molecule has 1 aromatic heterocycles. The van der Waals surface area contributed by atoms with Gasteiger partial charge in [0.15, 0.2) is 5.76 Å². The largest absolute Gasteiger partial charge is 0.392 e. The van der Waals surface area contributed by atoms with Crippen molar-refractivity contribution < 1.29 is 14.4 Å². The fourth-order valence-corrected chi connectivity index (χ4v) is 3.04. The van der Waals surface area contributed by atoms with Crippen molar-refractivity contribution >= 4 is 17.5 Å². The van der Waals surface area contributed by atoms with Gasteiger partial charge in [0.2, 0.25) is 5.91 Å². The maximum absolute atomic E-state index is 12.0. The lowest BCUT2D eigenvalue weighted by atomic mass is 10.1. The van der Waals surface area contributed by atoms with Gasteiger partial charge in [-0.1, -0.05) is 35.0 Å². The summed E-state index contributed by atoms with van der Waals surface area (Å²) in [5, 5.41) is 17.0. The van der Waals surface area contributed by atoms with Gasteiger partial charge < -0.3 is 14.9 Å². The van der Waals surface area contributed by atoms with E-state index < -0.39 is 0 Å². The average Bonchev–Trinajstić information content (AvgIpc) is 3.02. The van der Waals surface area contributed by atoms with Crippen LogP contribution >= 0.6 is 11.6 Å². The van der Waals surface area contributed by atoms with E-state index in [1.54, 1.807) is 12.1 Å². The Hall–Kier alpha value is -1.89. The molecule has 1 saturated heterocycles. The van der Waals surface area contributed by atoms with Crippen LogP contribution in [0.2, 0.25) is 5.02 Å². The van der Waals surface area contributed by atoms with Crippen LogP contribution in [-0.2, 0) is 11.3 Å². The Morgan fingerprint density at radius 3 is 3.08 bits per heavy atom. The van der Waals surface area contributed by atoms with Crippen molar-refractivity contribution in [1.29, 1.82) is 0 Å². The summed E-state index contributed by atoms with van der Waals surface area (Å²) >= 11 is 6.14. The van der Waals surface area contributed by atoms with Crippen LogP contribution in [0.15, 0.2) is 34.9 Å². The first-order valence-electron chi connectivity index (χ1n) is 7.99. The van der Waals surface area contributed by atoms with Crippen LogP contribution in [0.25, 0.3) is 11.3 Å². The predicted octanol–water partition coefficient (Wildman–Crippen LogP) is 2.07. The smallest absolute Gasteiger partial charge is 0.234 e. The Morgan fingerprint density at radius 2 is 2.29 bits per heavy atom. The number of carbonyl (C=O) groups is 1.